The summed E-state index contributed by atoms with van der Waals surface area (Å²) in [5, 5.41) is 5.87. The molecule has 4 heterocycles. The normalized spacial score (nSPS) is 11.7. The first kappa shape index (κ1) is 21.9. The van der Waals surface area contributed by atoms with E-state index in [4.69, 9.17) is 0 Å². The molecule has 33 heavy (non-hydrogen) atoms. The number of aromatic nitrogens is 6. The topological polar surface area (TPSA) is 120 Å². The number of pyridine rings is 2. The fourth-order valence-electron chi connectivity index (χ4n) is 3.30. The second kappa shape index (κ2) is 10.3. The number of hydrogen-bond donors (Lipinski definition) is 2. The quantitative estimate of drug-likeness (QED) is 0.408. The van der Waals surface area contributed by atoms with Crippen LogP contribution >= 0.6 is 0 Å². The monoisotopic (exact) mass is 444 g/mol. The molecule has 0 radical (unpaired) electrons. The maximum absolute atomic E-state index is 12.7. The first-order valence-corrected chi connectivity index (χ1v) is 10.6. The fourth-order valence-corrected chi connectivity index (χ4v) is 3.30. The Morgan fingerprint density at radius 3 is 1.91 bits per heavy atom. The minimum absolute atomic E-state index is 0.210. The molecule has 168 valence electrons. The molecule has 4 aromatic rings. The van der Waals surface area contributed by atoms with Crippen molar-refractivity contribution >= 4 is 11.8 Å². The van der Waals surface area contributed by atoms with Gasteiger partial charge in [0.15, 0.2) is 0 Å². The minimum Gasteiger partial charge on any atom is -0.350 e. The van der Waals surface area contributed by atoms with E-state index in [-0.39, 0.29) is 17.9 Å². The van der Waals surface area contributed by atoms with E-state index in [2.05, 4.69) is 30.6 Å². The van der Waals surface area contributed by atoms with Crippen molar-refractivity contribution in [2.24, 2.45) is 0 Å². The predicted octanol–water partition coefficient (Wildman–Crippen LogP) is 2.18. The first-order chi connectivity index (χ1) is 16.1. The lowest BCUT2D eigenvalue weighted by Gasteiger charge is -2.19. The van der Waals surface area contributed by atoms with Crippen LogP contribution in [0.4, 0.5) is 0 Å². The third-order valence-electron chi connectivity index (χ3n) is 5.04. The minimum atomic E-state index is -0.249. The highest BCUT2D eigenvalue weighted by Crippen LogP contribution is 2.08. The van der Waals surface area contributed by atoms with Crippen molar-refractivity contribution in [1.82, 2.24) is 39.7 Å². The summed E-state index contributed by atoms with van der Waals surface area (Å²) >= 11 is 0. The molecule has 0 aliphatic rings. The molecular formula is C23H24N8O2. The number of carbonyl (C=O) groups excluding carboxylic acids is 2. The number of imidazole rings is 2. The lowest BCUT2D eigenvalue weighted by molar-refractivity contribution is 0.0906. The average molecular weight is 444 g/mol. The zero-order chi connectivity index (χ0) is 23.0. The van der Waals surface area contributed by atoms with Crippen LogP contribution in [0.15, 0.2) is 74.1 Å². The molecule has 0 saturated heterocycles. The SMILES string of the molecule is CCCC(CNC(=O)c1ccc(-n2ccnc2)nc1)NC(=O)c1ccc(-n2ccnc2)nc1. The molecule has 0 saturated carbocycles. The Morgan fingerprint density at radius 2 is 1.45 bits per heavy atom. The molecule has 2 N–H and O–H groups in total. The van der Waals surface area contributed by atoms with E-state index in [1.165, 1.54) is 12.4 Å². The molecule has 0 aliphatic carbocycles. The van der Waals surface area contributed by atoms with Crippen LogP contribution in [0.3, 0.4) is 0 Å². The molecule has 0 spiro atoms. The van der Waals surface area contributed by atoms with Crippen LogP contribution in [-0.4, -0.2) is 53.5 Å². The lowest BCUT2D eigenvalue weighted by Crippen LogP contribution is -2.43. The molecule has 0 fully saturated rings. The maximum Gasteiger partial charge on any atom is 0.253 e. The Labute approximate surface area is 190 Å². The van der Waals surface area contributed by atoms with Gasteiger partial charge in [0.05, 0.1) is 11.1 Å². The highest BCUT2D eigenvalue weighted by Gasteiger charge is 2.16. The van der Waals surface area contributed by atoms with Crippen molar-refractivity contribution in [2.75, 3.05) is 6.54 Å². The van der Waals surface area contributed by atoms with E-state index >= 15 is 0 Å². The second-order valence-corrected chi connectivity index (χ2v) is 7.42. The van der Waals surface area contributed by atoms with E-state index in [0.717, 1.165) is 12.8 Å². The van der Waals surface area contributed by atoms with E-state index in [1.807, 2.05) is 6.92 Å². The van der Waals surface area contributed by atoms with Gasteiger partial charge < -0.3 is 10.6 Å². The third-order valence-corrected chi connectivity index (χ3v) is 5.04. The summed E-state index contributed by atoms with van der Waals surface area (Å²) in [7, 11) is 0. The number of carbonyl (C=O) groups is 2. The lowest BCUT2D eigenvalue weighted by atomic mass is 10.1. The van der Waals surface area contributed by atoms with Gasteiger partial charge in [-0.25, -0.2) is 19.9 Å². The van der Waals surface area contributed by atoms with Crippen LogP contribution < -0.4 is 10.6 Å². The van der Waals surface area contributed by atoms with Gasteiger partial charge in [-0.3, -0.25) is 18.7 Å². The van der Waals surface area contributed by atoms with Gasteiger partial charge in [0, 0.05) is 49.8 Å². The van der Waals surface area contributed by atoms with Crippen LogP contribution in [0, 0.1) is 0 Å². The standard InChI is InChI=1S/C23H24N8O2/c1-2-3-19(29-23(33)18-5-7-21(27-13-18)31-11-9-25-16-31)14-28-22(32)17-4-6-20(26-12-17)30-10-8-24-15-30/h4-13,15-16,19H,2-3,14H2,1H3,(H,28,32)(H,29,33). The Kier molecular flexibility index (Phi) is 6.84. The molecule has 1 unspecified atom stereocenters. The van der Waals surface area contributed by atoms with Crippen molar-refractivity contribution in [3.8, 4) is 11.6 Å². The Balaban J connectivity index is 1.33. The van der Waals surface area contributed by atoms with Crippen LogP contribution in [0.1, 0.15) is 40.5 Å². The van der Waals surface area contributed by atoms with Gasteiger partial charge >= 0.3 is 0 Å². The van der Waals surface area contributed by atoms with Gasteiger partial charge in [-0.15, -0.1) is 0 Å². The number of nitrogens with one attached hydrogen (secondary N) is 2. The highest BCUT2D eigenvalue weighted by molar-refractivity contribution is 5.95. The largest absolute Gasteiger partial charge is 0.350 e. The number of rotatable bonds is 9. The predicted molar refractivity (Wildman–Crippen MR) is 121 cm³/mol. The summed E-state index contributed by atoms with van der Waals surface area (Å²) in [5.74, 6) is 0.863. The summed E-state index contributed by atoms with van der Waals surface area (Å²) in [6.07, 6.45) is 14.8. The molecule has 2 amide bonds. The molecular weight excluding hydrogens is 420 g/mol. The van der Waals surface area contributed by atoms with E-state index in [9.17, 15) is 9.59 Å². The highest BCUT2D eigenvalue weighted by atomic mass is 16.2. The summed E-state index contributed by atoms with van der Waals surface area (Å²) in [5.41, 5.74) is 0.894. The van der Waals surface area contributed by atoms with Crippen molar-refractivity contribution in [3.63, 3.8) is 0 Å². The molecule has 0 aromatic carbocycles. The summed E-state index contributed by atoms with van der Waals surface area (Å²) in [6.45, 7) is 2.34. The fraction of sp³-hybridized carbons (Fsp3) is 0.217. The van der Waals surface area contributed by atoms with Gasteiger partial charge in [0.1, 0.15) is 24.3 Å². The molecule has 0 aliphatic heterocycles. The zero-order valence-corrected chi connectivity index (χ0v) is 18.1. The van der Waals surface area contributed by atoms with Gasteiger partial charge in [-0.2, -0.15) is 0 Å². The summed E-state index contributed by atoms with van der Waals surface area (Å²) in [4.78, 5) is 41.8. The van der Waals surface area contributed by atoms with E-state index in [1.54, 1.807) is 70.8 Å². The molecule has 4 aromatic heterocycles. The smallest absolute Gasteiger partial charge is 0.253 e. The first-order valence-electron chi connectivity index (χ1n) is 10.6. The second-order valence-electron chi connectivity index (χ2n) is 7.42. The van der Waals surface area contributed by atoms with Gasteiger partial charge in [0.25, 0.3) is 11.8 Å². The van der Waals surface area contributed by atoms with E-state index in [0.29, 0.717) is 29.3 Å². The Bertz CT molecular complexity index is 1170. The number of nitrogens with zero attached hydrogens (tertiary/aromatic N) is 6. The van der Waals surface area contributed by atoms with Crippen LogP contribution in [-0.2, 0) is 0 Å². The molecule has 4 rings (SSSR count). The summed E-state index contributed by atoms with van der Waals surface area (Å²) in [6, 6.07) is 6.72. The van der Waals surface area contributed by atoms with E-state index < -0.39 is 0 Å². The van der Waals surface area contributed by atoms with Crippen molar-refractivity contribution in [1.29, 1.82) is 0 Å². The Morgan fingerprint density at radius 1 is 0.879 bits per heavy atom. The zero-order valence-electron chi connectivity index (χ0n) is 18.1. The maximum atomic E-state index is 12.7. The number of hydrogen-bond acceptors (Lipinski definition) is 6. The molecule has 10 nitrogen and oxygen atoms in total. The van der Waals surface area contributed by atoms with Crippen molar-refractivity contribution in [2.45, 2.75) is 25.8 Å². The number of amides is 2. The van der Waals surface area contributed by atoms with Crippen molar-refractivity contribution < 1.29 is 9.59 Å². The molecule has 10 heteroatoms. The molecule has 1 atom stereocenters. The van der Waals surface area contributed by atoms with Crippen molar-refractivity contribution in [3.05, 3.63) is 85.2 Å². The van der Waals surface area contributed by atoms with Crippen LogP contribution in [0.2, 0.25) is 0 Å². The van der Waals surface area contributed by atoms with Gasteiger partial charge in [-0.05, 0) is 30.7 Å². The third kappa shape index (κ3) is 5.48. The average Bonchev–Trinajstić information content (AvgIpc) is 3.57. The molecule has 0 bridgehead atoms. The van der Waals surface area contributed by atoms with Gasteiger partial charge in [0.2, 0.25) is 0 Å². The van der Waals surface area contributed by atoms with Crippen LogP contribution in [0.25, 0.3) is 11.6 Å². The van der Waals surface area contributed by atoms with Gasteiger partial charge in [-0.1, -0.05) is 13.3 Å². The Hall–Kier alpha value is -4.34. The van der Waals surface area contributed by atoms with Crippen LogP contribution in [0.5, 0.6) is 0 Å². The summed E-state index contributed by atoms with van der Waals surface area (Å²) < 4.78 is 3.51.